The van der Waals surface area contributed by atoms with E-state index in [1.54, 1.807) is 0 Å². The Kier molecular flexibility index (Phi) is 4.87. The van der Waals surface area contributed by atoms with Crippen LogP contribution in [-0.2, 0) is 0 Å². The van der Waals surface area contributed by atoms with Crippen molar-refractivity contribution in [1.29, 1.82) is 0 Å². The van der Waals surface area contributed by atoms with Crippen LogP contribution in [0.1, 0.15) is 57.0 Å². The summed E-state index contributed by atoms with van der Waals surface area (Å²) in [6, 6.07) is 2.09. The van der Waals surface area contributed by atoms with Gasteiger partial charge in [-0.25, -0.2) is 9.97 Å². The molecule has 1 aromatic rings. The minimum atomic E-state index is -0.432. The Morgan fingerprint density at radius 2 is 1.78 bits per heavy atom. The van der Waals surface area contributed by atoms with E-state index in [4.69, 9.17) is 4.98 Å². The first-order valence-corrected chi connectivity index (χ1v) is 9.00. The fourth-order valence-electron chi connectivity index (χ4n) is 3.74. The summed E-state index contributed by atoms with van der Waals surface area (Å²) in [6.45, 7) is 11.1. The second-order valence-electron chi connectivity index (χ2n) is 7.58. The Labute approximate surface area is 139 Å². The molecule has 1 aromatic heterocycles. The van der Waals surface area contributed by atoms with Crippen LogP contribution >= 0.6 is 0 Å². The van der Waals surface area contributed by atoms with Crippen LogP contribution in [-0.4, -0.2) is 58.3 Å². The van der Waals surface area contributed by atoms with Crippen LogP contribution in [0.25, 0.3) is 0 Å². The highest BCUT2D eigenvalue weighted by Gasteiger charge is 2.34. The van der Waals surface area contributed by atoms with Gasteiger partial charge in [-0.15, -0.1) is 0 Å². The normalized spacial score (nSPS) is 22.0. The molecule has 2 aliphatic rings. The van der Waals surface area contributed by atoms with Gasteiger partial charge in [-0.3, -0.25) is 4.90 Å². The Bertz CT molecular complexity index is 532. The molecule has 0 spiro atoms. The molecule has 5 heteroatoms. The standard InChI is InChI=1S/C18H30N4O/c1-14(2)17-19-15(3)12-16(20-17)22-10-8-21(9-11-22)13-18(23)6-4-5-7-18/h12,14,23H,4-11,13H2,1-3H3. The average Bonchev–Trinajstić information content (AvgIpc) is 2.93. The van der Waals surface area contributed by atoms with Gasteiger partial charge < -0.3 is 10.0 Å². The third kappa shape index (κ3) is 4.01. The van der Waals surface area contributed by atoms with E-state index in [2.05, 4.69) is 34.7 Å². The predicted octanol–water partition coefficient (Wildman–Crippen LogP) is 2.34. The molecule has 0 aromatic carbocycles. The summed E-state index contributed by atoms with van der Waals surface area (Å²) in [4.78, 5) is 14.1. The number of aliphatic hydroxyl groups is 1. The number of aryl methyl sites for hydroxylation is 1. The van der Waals surface area contributed by atoms with Crippen molar-refractivity contribution in [3.8, 4) is 0 Å². The van der Waals surface area contributed by atoms with Gasteiger partial charge in [-0.2, -0.15) is 0 Å². The first kappa shape index (κ1) is 16.7. The molecule has 0 atom stereocenters. The van der Waals surface area contributed by atoms with Gasteiger partial charge in [-0.05, 0) is 19.8 Å². The minimum Gasteiger partial charge on any atom is -0.389 e. The monoisotopic (exact) mass is 318 g/mol. The summed E-state index contributed by atoms with van der Waals surface area (Å²) >= 11 is 0. The Morgan fingerprint density at radius 3 is 2.39 bits per heavy atom. The highest BCUT2D eigenvalue weighted by atomic mass is 16.3. The van der Waals surface area contributed by atoms with Gasteiger partial charge in [0.1, 0.15) is 11.6 Å². The summed E-state index contributed by atoms with van der Waals surface area (Å²) < 4.78 is 0. The lowest BCUT2D eigenvalue weighted by molar-refractivity contribution is 0.00799. The quantitative estimate of drug-likeness (QED) is 0.923. The van der Waals surface area contributed by atoms with Crippen LogP contribution in [0.3, 0.4) is 0 Å². The Balaban J connectivity index is 1.60. The van der Waals surface area contributed by atoms with Crippen molar-refractivity contribution < 1.29 is 5.11 Å². The fraction of sp³-hybridized carbons (Fsp3) is 0.778. The zero-order valence-corrected chi connectivity index (χ0v) is 14.8. The maximum Gasteiger partial charge on any atom is 0.133 e. The molecule has 1 saturated carbocycles. The molecule has 1 aliphatic carbocycles. The van der Waals surface area contributed by atoms with Gasteiger partial charge in [0, 0.05) is 50.4 Å². The van der Waals surface area contributed by atoms with E-state index in [0.29, 0.717) is 5.92 Å². The molecule has 1 aliphatic heterocycles. The van der Waals surface area contributed by atoms with Crippen molar-refractivity contribution in [3.63, 3.8) is 0 Å². The summed E-state index contributed by atoms with van der Waals surface area (Å²) in [5.41, 5.74) is 0.611. The van der Waals surface area contributed by atoms with Gasteiger partial charge in [0.05, 0.1) is 5.60 Å². The van der Waals surface area contributed by atoms with Crippen LogP contribution in [0.4, 0.5) is 5.82 Å². The predicted molar refractivity (Wildman–Crippen MR) is 92.9 cm³/mol. The van der Waals surface area contributed by atoms with Crippen molar-refractivity contribution in [1.82, 2.24) is 14.9 Å². The molecule has 23 heavy (non-hydrogen) atoms. The molecular weight excluding hydrogens is 288 g/mol. The van der Waals surface area contributed by atoms with Gasteiger partial charge in [-0.1, -0.05) is 26.7 Å². The Morgan fingerprint density at radius 1 is 1.13 bits per heavy atom. The van der Waals surface area contributed by atoms with Crippen molar-refractivity contribution in [2.24, 2.45) is 0 Å². The van der Waals surface area contributed by atoms with Gasteiger partial charge in [0.2, 0.25) is 0 Å². The van der Waals surface area contributed by atoms with Crippen LogP contribution in [0, 0.1) is 6.92 Å². The number of hydrogen-bond acceptors (Lipinski definition) is 5. The molecule has 3 rings (SSSR count). The summed E-state index contributed by atoms with van der Waals surface area (Å²) in [5.74, 6) is 2.34. The van der Waals surface area contributed by atoms with Crippen molar-refractivity contribution >= 4 is 5.82 Å². The lowest BCUT2D eigenvalue weighted by Crippen LogP contribution is -2.51. The largest absolute Gasteiger partial charge is 0.389 e. The van der Waals surface area contributed by atoms with Gasteiger partial charge >= 0.3 is 0 Å². The van der Waals surface area contributed by atoms with Crippen LogP contribution in [0.5, 0.6) is 0 Å². The second-order valence-corrected chi connectivity index (χ2v) is 7.58. The van der Waals surface area contributed by atoms with E-state index in [0.717, 1.165) is 62.9 Å². The maximum absolute atomic E-state index is 10.6. The molecule has 2 heterocycles. The van der Waals surface area contributed by atoms with Crippen molar-refractivity contribution in [2.75, 3.05) is 37.6 Å². The number of piperazine rings is 1. The molecule has 128 valence electrons. The fourth-order valence-corrected chi connectivity index (χ4v) is 3.74. The van der Waals surface area contributed by atoms with Gasteiger partial charge in [0.25, 0.3) is 0 Å². The molecule has 0 radical (unpaired) electrons. The summed E-state index contributed by atoms with van der Waals surface area (Å²) in [6.07, 6.45) is 4.29. The molecule has 2 fully saturated rings. The molecular formula is C18H30N4O. The lowest BCUT2D eigenvalue weighted by atomic mass is 10.0. The zero-order chi connectivity index (χ0) is 16.4. The smallest absolute Gasteiger partial charge is 0.133 e. The number of aromatic nitrogens is 2. The first-order chi connectivity index (χ1) is 11.0. The van der Waals surface area contributed by atoms with E-state index < -0.39 is 5.60 Å². The summed E-state index contributed by atoms with van der Waals surface area (Å²) in [5, 5.41) is 10.6. The Hall–Kier alpha value is -1.20. The third-order valence-corrected chi connectivity index (χ3v) is 5.12. The number of anilines is 1. The number of hydrogen-bond donors (Lipinski definition) is 1. The van der Waals surface area contributed by atoms with Crippen LogP contribution in [0.2, 0.25) is 0 Å². The number of nitrogens with zero attached hydrogens (tertiary/aromatic N) is 4. The molecule has 0 amide bonds. The van der Waals surface area contributed by atoms with E-state index >= 15 is 0 Å². The van der Waals surface area contributed by atoms with E-state index in [9.17, 15) is 5.11 Å². The first-order valence-electron chi connectivity index (χ1n) is 9.00. The average molecular weight is 318 g/mol. The second kappa shape index (κ2) is 6.73. The van der Waals surface area contributed by atoms with Crippen LogP contribution < -0.4 is 4.90 Å². The highest BCUT2D eigenvalue weighted by molar-refractivity contribution is 5.40. The zero-order valence-electron chi connectivity index (χ0n) is 14.8. The molecule has 5 nitrogen and oxygen atoms in total. The van der Waals surface area contributed by atoms with Crippen molar-refractivity contribution in [3.05, 3.63) is 17.6 Å². The highest BCUT2D eigenvalue weighted by Crippen LogP contribution is 2.30. The number of β-amino-alcohol motifs (C(OH)–C–C–N with tert-alkyl or cyclic N) is 1. The molecule has 0 unspecified atom stereocenters. The summed E-state index contributed by atoms with van der Waals surface area (Å²) in [7, 11) is 0. The van der Waals surface area contributed by atoms with Crippen LogP contribution in [0.15, 0.2) is 6.07 Å². The topological polar surface area (TPSA) is 52.5 Å². The van der Waals surface area contributed by atoms with Gasteiger partial charge in [0.15, 0.2) is 0 Å². The SMILES string of the molecule is Cc1cc(N2CCN(CC3(O)CCCC3)CC2)nc(C(C)C)n1. The molecule has 1 N–H and O–H groups in total. The van der Waals surface area contributed by atoms with E-state index in [1.165, 1.54) is 12.8 Å². The number of rotatable bonds is 4. The lowest BCUT2D eigenvalue weighted by Gasteiger charge is -2.38. The van der Waals surface area contributed by atoms with E-state index in [-0.39, 0.29) is 0 Å². The minimum absolute atomic E-state index is 0.353. The molecule has 0 bridgehead atoms. The third-order valence-electron chi connectivity index (χ3n) is 5.12. The molecule has 1 saturated heterocycles. The van der Waals surface area contributed by atoms with Crippen molar-refractivity contribution in [2.45, 2.75) is 58.0 Å². The maximum atomic E-state index is 10.6. The van der Waals surface area contributed by atoms with E-state index in [1.807, 2.05) is 6.92 Å².